The van der Waals surface area contributed by atoms with E-state index in [4.69, 9.17) is 4.74 Å². The van der Waals surface area contributed by atoms with Gasteiger partial charge in [0.25, 0.3) is 0 Å². The summed E-state index contributed by atoms with van der Waals surface area (Å²) >= 11 is 1.74. The van der Waals surface area contributed by atoms with Gasteiger partial charge in [0.2, 0.25) is 11.8 Å². The van der Waals surface area contributed by atoms with Gasteiger partial charge < -0.3 is 14.5 Å². The molecule has 4 rings (SSSR count). The van der Waals surface area contributed by atoms with Gasteiger partial charge >= 0.3 is 0 Å². The van der Waals surface area contributed by atoms with Crippen LogP contribution in [-0.2, 0) is 20.7 Å². The molecule has 2 aromatic rings. The number of fused-ring (bicyclic) bond motifs is 3. The molecule has 2 bridgehead atoms. The van der Waals surface area contributed by atoms with E-state index in [9.17, 15) is 9.59 Å². The van der Waals surface area contributed by atoms with Crippen molar-refractivity contribution in [3.8, 4) is 0 Å². The Hall–Kier alpha value is -2.44. The number of hydrogen-bond acceptors (Lipinski definition) is 4. The van der Waals surface area contributed by atoms with Gasteiger partial charge in [0.05, 0.1) is 19.3 Å². The van der Waals surface area contributed by atoms with Crippen molar-refractivity contribution >= 4 is 29.2 Å². The second kappa shape index (κ2) is 10.0. The van der Waals surface area contributed by atoms with E-state index >= 15 is 0 Å². The minimum Gasteiger partial charge on any atom is -0.379 e. The molecule has 2 saturated heterocycles. The third kappa shape index (κ3) is 5.37. The first kappa shape index (κ1) is 20.8. The van der Waals surface area contributed by atoms with Crippen LogP contribution in [0.25, 0.3) is 6.08 Å². The number of hydrogen-bond donors (Lipinski definition) is 0. The fourth-order valence-corrected chi connectivity index (χ4v) is 4.93. The van der Waals surface area contributed by atoms with Gasteiger partial charge in [-0.1, -0.05) is 36.4 Å². The second-order valence-electron chi connectivity index (χ2n) is 8.02. The number of thiophene rings is 1. The largest absolute Gasteiger partial charge is 0.379 e. The molecule has 2 fully saturated rings. The van der Waals surface area contributed by atoms with Crippen molar-refractivity contribution in [1.82, 2.24) is 9.80 Å². The van der Waals surface area contributed by atoms with Crippen LogP contribution in [0.15, 0.2) is 53.9 Å². The summed E-state index contributed by atoms with van der Waals surface area (Å²) in [6, 6.07) is 13.9. The van der Waals surface area contributed by atoms with E-state index in [0.717, 1.165) is 18.4 Å². The average Bonchev–Trinajstić information content (AvgIpc) is 3.09. The van der Waals surface area contributed by atoms with E-state index in [1.807, 2.05) is 46.2 Å². The summed E-state index contributed by atoms with van der Waals surface area (Å²) < 4.78 is 5.81. The quantitative estimate of drug-likeness (QED) is 0.667. The van der Waals surface area contributed by atoms with E-state index in [1.54, 1.807) is 17.4 Å². The summed E-state index contributed by atoms with van der Waals surface area (Å²) in [7, 11) is 0. The van der Waals surface area contributed by atoms with Crippen LogP contribution < -0.4 is 0 Å². The Bertz CT molecular complexity index is 866. The number of carbonyl (C=O) groups is 2. The van der Waals surface area contributed by atoms with Crippen LogP contribution in [0.2, 0.25) is 0 Å². The van der Waals surface area contributed by atoms with Gasteiger partial charge in [0, 0.05) is 42.9 Å². The Labute approximate surface area is 181 Å². The predicted octanol–water partition coefficient (Wildman–Crippen LogP) is 3.47. The number of carbonyl (C=O) groups excluding carboxylic acids is 2. The minimum atomic E-state index is -0.0687. The van der Waals surface area contributed by atoms with Crippen molar-refractivity contribution in [1.29, 1.82) is 0 Å². The molecule has 1 aromatic heterocycles. The summed E-state index contributed by atoms with van der Waals surface area (Å²) in [5.74, 6) is 0.344. The SMILES string of the molecule is O=C(/C=C/c1ccccc1)N1C[C@@H]2COC[C@H](C1)N(C(=O)CCCc1cccs1)C2. The molecule has 6 heteroatoms. The predicted molar refractivity (Wildman–Crippen MR) is 119 cm³/mol. The highest BCUT2D eigenvalue weighted by atomic mass is 32.1. The minimum absolute atomic E-state index is 0.00254. The van der Waals surface area contributed by atoms with Crippen LogP contribution >= 0.6 is 11.3 Å². The van der Waals surface area contributed by atoms with E-state index < -0.39 is 0 Å². The van der Waals surface area contributed by atoms with Crippen molar-refractivity contribution in [3.05, 3.63) is 64.4 Å². The highest BCUT2D eigenvalue weighted by molar-refractivity contribution is 7.09. The Balaban J connectivity index is 1.37. The number of aryl methyl sites for hydroxylation is 1. The maximum absolute atomic E-state index is 13.0. The molecule has 2 aliphatic heterocycles. The highest BCUT2D eigenvalue weighted by Crippen LogP contribution is 2.22. The molecule has 158 valence electrons. The van der Waals surface area contributed by atoms with Crippen LogP contribution in [0.4, 0.5) is 0 Å². The van der Waals surface area contributed by atoms with Crippen molar-refractivity contribution in [2.24, 2.45) is 5.92 Å². The Morgan fingerprint density at radius 3 is 2.73 bits per heavy atom. The smallest absolute Gasteiger partial charge is 0.246 e. The maximum Gasteiger partial charge on any atom is 0.246 e. The van der Waals surface area contributed by atoms with Crippen molar-refractivity contribution in [2.45, 2.75) is 25.3 Å². The molecule has 0 unspecified atom stereocenters. The lowest BCUT2D eigenvalue weighted by molar-refractivity contribution is -0.135. The molecular formula is C24H28N2O3S. The molecular weight excluding hydrogens is 396 g/mol. The summed E-state index contributed by atoms with van der Waals surface area (Å²) in [6.45, 7) is 2.94. The number of ether oxygens (including phenoxy) is 1. The normalized spacial score (nSPS) is 21.6. The molecule has 2 aliphatic rings. The van der Waals surface area contributed by atoms with Gasteiger partial charge in [-0.3, -0.25) is 9.59 Å². The lowest BCUT2D eigenvalue weighted by atomic mass is 10.1. The fraction of sp³-hybridized carbons (Fsp3) is 0.417. The van der Waals surface area contributed by atoms with Gasteiger partial charge in [-0.05, 0) is 35.9 Å². The first-order valence-corrected chi connectivity index (χ1v) is 11.5. The Morgan fingerprint density at radius 1 is 1.07 bits per heavy atom. The molecule has 0 radical (unpaired) electrons. The van der Waals surface area contributed by atoms with Crippen LogP contribution in [-0.4, -0.2) is 60.5 Å². The van der Waals surface area contributed by atoms with Crippen LogP contribution in [0.5, 0.6) is 0 Å². The van der Waals surface area contributed by atoms with Crippen molar-refractivity contribution < 1.29 is 14.3 Å². The van der Waals surface area contributed by atoms with Crippen LogP contribution in [0.1, 0.15) is 23.3 Å². The van der Waals surface area contributed by atoms with E-state index in [2.05, 4.69) is 17.5 Å². The van der Waals surface area contributed by atoms with E-state index in [-0.39, 0.29) is 23.8 Å². The van der Waals surface area contributed by atoms with E-state index in [1.165, 1.54) is 4.88 Å². The molecule has 0 aliphatic carbocycles. The summed E-state index contributed by atoms with van der Waals surface area (Å²) in [4.78, 5) is 31.0. The van der Waals surface area contributed by atoms with Gasteiger partial charge in [-0.15, -0.1) is 11.3 Å². The lowest BCUT2D eigenvalue weighted by Gasteiger charge is -2.31. The highest BCUT2D eigenvalue weighted by Gasteiger charge is 2.36. The van der Waals surface area contributed by atoms with Crippen LogP contribution in [0.3, 0.4) is 0 Å². The summed E-state index contributed by atoms with van der Waals surface area (Å²) in [5.41, 5.74) is 1.01. The van der Waals surface area contributed by atoms with Gasteiger partial charge in [-0.2, -0.15) is 0 Å². The topological polar surface area (TPSA) is 49.9 Å². The molecule has 1 aromatic carbocycles. The molecule has 0 saturated carbocycles. The number of nitrogens with zero attached hydrogens (tertiary/aromatic N) is 2. The first-order valence-electron chi connectivity index (χ1n) is 10.6. The van der Waals surface area contributed by atoms with E-state index in [0.29, 0.717) is 39.3 Å². The van der Waals surface area contributed by atoms with Gasteiger partial charge in [0.15, 0.2) is 0 Å². The van der Waals surface area contributed by atoms with Gasteiger partial charge in [0.1, 0.15) is 0 Å². The third-order valence-electron chi connectivity index (χ3n) is 5.71. The first-order chi connectivity index (χ1) is 14.7. The molecule has 3 heterocycles. The van der Waals surface area contributed by atoms with Gasteiger partial charge in [-0.25, -0.2) is 0 Å². The molecule has 0 spiro atoms. The zero-order valence-corrected chi connectivity index (χ0v) is 17.9. The molecule has 30 heavy (non-hydrogen) atoms. The maximum atomic E-state index is 13.0. The average molecular weight is 425 g/mol. The van der Waals surface area contributed by atoms with Crippen molar-refractivity contribution in [2.75, 3.05) is 32.8 Å². The monoisotopic (exact) mass is 424 g/mol. The molecule has 0 N–H and O–H groups in total. The standard InChI is InChI=1S/C24H28N2O3S/c27-23(12-11-19-6-2-1-3-7-19)25-14-20-15-26(21(16-25)18-29-17-20)24(28)10-4-8-22-9-5-13-30-22/h1-3,5-7,9,11-13,20-21H,4,8,10,14-18H2/b12-11+/t20-,21-/m0/s1. The summed E-state index contributed by atoms with van der Waals surface area (Å²) in [5, 5.41) is 2.07. The zero-order chi connectivity index (χ0) is 20.8. The number of benzene rings is 1. The molecule has 2 amide bonds. The number of rotatable bonds is 6. The van der Waals surface area contributed by atoms with Crippen LogP contribution in [0, 0.1) is 5.92 Å². The second-order valence-corrected chi connectivity index (χ2v) is 9.06. The molecule has 2 atom stereocenters. The Kier molecular flexibility index (Phi) is 6.97. The van der Waals surface area contributed by atoms with Crippen molar-refractivity contribution in [3.63, 3.8) is 0 Å². The lowest BCUT2D eigenvalue weighted by Crippen LogP contribution is -2.47. The Morgan fingerprint density at radius 2 is 1.93 bits per heavy atom. The third-order valence-corrected chi connectivity index (χ3v) is 6.65. The summed E-state index contributed by atoms with van der Waals surface area (Å²) in [6.07, 6.45) is 5.84. The zero-order valence-electron chi connectivity index (χ0n) is 17.1. The fourth-order valence-electron chi connectivity index (χ4n) is 4.18. The number of amides is 2. The molecule has 5 nitrogen and oxygen atoms in total.